The van der Waals surface area contributed by atoms with Gasteiger partial charge in [-0.25, -0.2) is 0 Å². The Morgan fingerprint density at radius 3 is 2.68 bits per heavy atom. The molecule has 2 nitrogen and oxygen atoms in total. The fourth-order valence-corrected chi connectivity index (χ4v) is 2.69. The summed E-state index contributed by atoms with van der Waals surface area (Å²) < 4.78 is 6.70. The van der Waals surface area contributed by atoms with Crippen LogP contribution in [0.5, 0.6) is 5.75 Å². The zero-order valence-corrected chi connectivity index (χ0v) is 12.9. The first kappa shape index (κ1) is 14.4. The molecule has 2 rings (SSSR count). The molecule has 0 aliphatic carbocycles. The number of benzene rings is 2. The number of ether oxygens (including phenoxy) is 1. The van der Waals surface area contributed by atoms with Crippen LogP contribution in [0.4, 0.5) is 0 Å². The molecular formula is C15H15BrClNO. The zero-order valence-electron chi connectivity index (χ0n) is 10.6. The minimum atomic E-state index is -0.00338. The Balaban J connectivity index is 2.06. The summed E-state index contributed by atoms with van der Waals surface area (Å²) in [6.45, 7) is 2.44. The standard InChI is InChI=1S/C15H15BrClNO/c1-10(18)14-6-5-13(8-15(14)16)19-9-11-3-2-4-12(17)7-11/h2-8,10H,9,18H2,1H3/t10-/m1/s1. The molecule has 0 fully saturated rings. The molecule has 0 aliphatic heterocycles. The molecule has 0 amide bonds. The summed E-state index contributed by atoms with van der Waals surface area (Å²) in [4.78, 5) is 0. The van der Waals surface area contributed by atoms with Crippen LogP contribution in [0.2, 0.25) is 5.02 Å². The van der Waals surface area contributed by atoms with E-state index in [0.717, 1.165) is 26.4 Å². The van der Waals surface area contributed by atoms with Gasteiger partial charge in [-0.2, -0.15) is 0 Å². The van der Waals surface area contributed by atoms with Crippen LogP contribution in [0.25, 0.3) is 0 Å². The van der Waals surface area contributed by atoms with E-state index >= 15 is 0 Å². The summed E-state index contributed by atoms with van der Waals surface area (Å²) in [6.07, 6.45) is 0. The Morgan fingerprint density at radius 2 is 2.05 bits per heavy atom. The van der Waals surface area contributed by atoms with Crippen molar-refractivity contribution in [3.05, 3.63) is 63.1 Å². The van der Waals surface area contributed by atoms with E-state index in [4.69, 9.17) is 22.1 Å². The highest BCUT2D eigenvalue weighted by Crippen LogP contribution is 2.27. The maximum absolute atomic E-state index is 5.93. The normalized spacial score (nSPS) is 12.2. The fourth-order valence-electron chi connectivity index (χ4n) is 1.76. The van der Waals surface area contributed by atoms with E-state index in [0.29, 0.717) is 6.61 Å². The third-order valence-corrected chi connectivity index (χ3v) is 3.68. The van der Waals surface area contributed by atoms with Gasteiger partial charge in [0.25, 0.3) is 0 Å². The van der Waals surface area contributed by atoms with Gasteiger partial charge in [-0.1, -0.05) is 45.7 Å². The van der Waals surface area contributed by atoms with E-state index in [9.17, 15) is 0 Å². The highest BCUT2D eigenvalue weighted by Gasteiger charge is 2.06. The molecule has 0 bridgehead atoms. The molecule has 0 unspecified atom stereocenters. The lowest BCUT2D eigenvalue weighted by atomic mass is 10.1. The van der Waals surface area contributed by atoms with Crippen molar-refractivity contribution in [2.24, 2.45) is 5.73 Å². The molecule has 0 aromatic heterocycles. The summed E-state index contributed by atoms with van der Waals surface area (Å²) in [5, 5.41) is 0.717. The first-order valence-electron chi connectivity index (χ1n) is 5.98. The van der Waals surface area contributed by atoms with Crippen LogP contribution in [0.1, 0.15) is 24.1 Å². The molecule has 0 saturated heterocycles. The first-order chi connectivity index (χ1) is 9.06. The van der Waals surface area contributed by atoms with Crippen LogP contribution >= 0.6 is 27.5 Å². The molecule has 4 heteroatoms. The lowest BCUT2D eigenvalue weighted by Crippen LogP contribution is -2.05. The number of nitrogens with two attached hydrogens (primary N) is 1. The fraction of sp³-hybridized carbons (Fsp3) is 0.200. The number of hydrogen-bond acceptors (Lipinski definition) is 2. The van der Waals surface area contributed by atoms with E-state index in [1.165, 1.54) is 0 Å². The van der Waals surface area contributed by atoms with E-state index < -0.39 is 0 Å². The van der Waals surface area contributed by atoms with Gasteiger partial charge < -0.3 is 10.5 Å². The van der Waals surface area contributed by atoms with Gasteiger partial charge in [0.15, 0.2) is 0 Å². The highest BCUT2D eigenvalue weighted by molar-refractivity contribution is 9.10. The average Bonchev–Trinajstić information content (AvgIpc) is 2.36. The average molecular weight is 341 g/mol. The molecule has 0 heterocycles. The molecule has 100 valence electrons. The Bertz CT molecular complexity index is 572. The van der Waals surface area contributed by atoms with Crippen LogP contribution < -0.4 is 10.5 Å². The van der Waals surface area contributed by atoms with Crippen molar-refractivity contribution in [3.63, 3.8) is 0 Å². The highest BCUT2D eigenvalue weighted by atomic mass is 79.9. The summed E-state index contributed by atoms with van der Waals surface area (Å²) >= 11 is 9.43. The third-order valence-electron chi connectivity index (χ3n) is 2.76. The second kappa shape index (κ2) is 6.42. The number of rotatable bonds is 4. The van der Waals surface area contributed by atoms with Crippen molar-refractivity contribution < 1.29 is 4.74 Å². The molecule has 2 N–H and O–H groups in total. The van der Waals surface area contributed by atoms with Crippen molar-refractivity contribution in [2.45, 2.75) is 19.6 Å². The Kier molecular flexibility index (Phi) is 4.86. The van der Waals surface area contributed by atoms with Gasteiger partial charge in [0, 0.05) is 15.5 Å². The lowest BCUT2D eigenvalue weighted by Gasteiger charge is -2.11. The summed E-state index contributed by atoms with van der Waals surface area (Å²) in [5.41, 5.74) is 7.97. The predicted molar refractivity (Wildman–Crippen MR) is 82.5 cm³/mol. The van der Waals surface area contributed by atoms with E-state index in [1.54, 1.807) is 0 Å². The van der Waals surface area contributed by atoms with Gasteiger partial charge in [-0.15, -0.1) is 0 Å². The molecule has 0 spiro atoms. The maximum Gasteiger partial charge on any atom is 0.120 e. The minimum Gasteiger partial charge on any atom is -0.489 e. The number of hydrogen-bond donors (Lipinski definition) is 1. The van der Waals surface area contributed by atoms with Gasteiger partial charge in [0.1, 0.15) is 12.4 Å². The van der Waals surface area contributed by atoms with Crippen molar-refractivity contribution >= 4 is 27.5 Å². The van der Waals surface area contributed by atoms with Crippen LogP contribution in [-0.4, -0.2) is 0 Å². The summed E-state index contributed by atoms with van der Waals surface area (Å²) in [5.74, 6) is 0.802. The van der Waals surface area contributed by atoms with Crippen molar-refractivity contribution in [3.8, 4) is 5.75 Å². The van der Waals surface area contributed by atoms with Crippen molar-refractivity contribution in [1.82, 2.24) is 0 Å². The molecular weight excluding hydrogens is 326 g/mol. The summed E-state index contributed by atoms with van der Waals surface area (Å²) in [6, 6.07) is 13.5. The monoisotopic (exact) mass is 339 g/mol. The van der Waals surface area contributed by atoms with E-state index in [-0.39, 0.29) is 6.04 Å². The largest absolute Gasteiger partial charge is 0.489 e. The maximum atomic E-state index is 5.93. The first-order valence-corrected chi connectivity index (χ1v) is 7.15. The molecule has 19 heavy (non-hydrogen) atoms. The lowest BCUT2D eigenvalue weighted by molar-refractivity contribution is 0.306. The molecule has 2 aromatic rings. The molecule has 0 radical (unpaired) electrons. The minimum absolute atomic E-state index is 0.00338. The second-order valence-corrected chi connectivity index (χ2v) is 5.68. The van der Waals surface area contributed by atoms with Crippen molar-refractivity contribution in [1.29, 1.82) is 0 Å². The Labute approximate surface area is 126 Å². The smallest absolute Gasteiger partial charge is 0.120 e. The van der Waals surface area contributed by atoms with Gasteiger partial charge in [0.2, 0.25) is 0 Å². The van der Waals surface area contributed by atoms with Crippen LogP contribution in [0, 0.1) is 0 Å². The zero-order chi connectivity index (χ0) is 13.8. The molecule has 0 aliphatic rings. The predicted octanol–water partition coefficient (Wildman–Crippen LogP) is 4.70. The number of halogens is 2. The van der Waals surface area contributed by atoms with Gasteiger partial charge in [-0.3, -0.25) is 0 Å². The van der Waals surface area contributed by atoms with Crippen LogP contribution in [-0.2, 0) is 6.61 Å². The topological polar surface area (TPSA) is 35.2 Å². The van der Waals surface area contributed by atoms with Crippen LogP contribution in [0.3, 0.4) is 0 Å². The van der Waals surface area contributed by atoms with Crippen LogP contribution in [0.15, 0.2) is 46.9 Å². The Morgan fingerprint density at radius 1 is 1.26 bits per heavy atom. The molecule has 2 aromatic carbocycles. The molecule has 0 saturated carbocycles. The third kappa shape index (κ3) is 3.96. The van der Waals surface area contributed by atoms with E-state index in [2.05, 4.69) is 15.9 Å². The Hall–Kier alpha value is -1.03. The summed E-state index contributed by atoms with van der Waals surface area (Å²) in [7, 11) is 0. The van der Waals surface area contributed by atoms with Gasteiger partial charge >= 0.3 is 0 Å². The second-order valence-electron chi connectivity index (χ2n) is 4.39. The molecule has 1 atom stereocenters. The SMILES string of the molecule is C[C@@H](N)c1ccc(OCc2cccc(Cl)c2)cc1Br. The van der Waals surface area contributed by atoms with Gasteiger partial charge in [0.05, 0.1) is 0 Å². The van der Waals surface area contributed by atoms with Gasteiger partial charge in [-0.05, 0) is 42.3 Å². The quantitative estimate of drug-likeness (QED) is 0.875. The van der Waals surface area contributed by atoms with E-state index in [1.807, 2.05) is 49.4 Å². The van der Waals surface area contributed by atoms with Crippen molar-refractivity contribution in [2.75, 3.05) is 0 Å².